The first-order chi connectivity index (χ1) is 10.0. The molecule has 1 aromatic rings. The molecule has 1 aliphatic rings. The predicted octanol–water partition coefficient (Wildman–Crippen LogP) is 3.55. The minimum Gasteiger partial charge on any atom is -0.496 e. The lowest BCUT2D eigenvalue weighted by Gasteiger charge is -2.34. The number of hydrogen-bond donors (Lipinski definition) is 1. The zero-order valence-electron chi connectivity index (χ0n) is 13.8. The lowest BCUT2D eigenvalue weighted by Crippen LogP contribution is -2.37. The van der Waals surface area contributed by atoms with Crippen LogP contribution in [0.4, 0.5) is 0 Å². The molecule has 0 aliphatic heterocycles. The molecule has 0 amide bonds. The van der Waals surface area contributed by atoms with Crippen LogP contribution in [-0.2, 0) is 0 Å². The maximum absolute atomic E-state index is 10.6. The second kappa shape index (κ2) is 7.28. The average molecular weight is 291 g/mol. The van der Waals surface area contributed by atoms with Gasteiger partial charge >= 0.3 is 0 Å². The first kappa shape index (κ1) is 16.3. The molecular formula is C18H29NO2. The molecule has 0 spiro atoms. The third kappa shape index (κ3) is 4.21. The van der Waals surface area contributed by atoms with Crippen molar-refractivity contribution in [1.82, 2.24) is 4.90 Å². The third-order valence-electron chi connectivity index (χ3n) is 4.81. The monoisotopic (exact) mass is 291 g/mol. The van der Waals surface area contributed by atoms with Crippen LogP contribution >= 0.6 is 0 Å². The van der Waals surface area contributed by atoms with E-state index in [2.05, 4.69) is 18.9 Å². The molecule has 1 N–H and O–H groups in total. The third-order valence-corrected chi connectivity index (χ3v) is 4.81. The molecule has 0 aromatic heterocycles. The highest BCUT2D eigenvalue weighted by molar-refractivity contribution is 5.38. The number of hydrogen-bond acceptors (Lipinski definition) is 3. The van der Waals surface area contributed by atoms with E-state index in [1.54, 1.807) is 7.11 Å². The summed E-state index contributed by atoms with van der Waals surface area (Å²) in [6.45, 7) is 5.05. The van der Waals surface area contributed by atoms with E-state index in [-0.39, 0.29) is 0 Å². The van der Waals surface area contributed by atoms with Crippen molar-refractivity contribution in [2.75, 3.05) is 20.7 Å². The first-order valence-electron chi connectivity index (χ1n) is 8.04. The van der Waals surface area contributed by atoms with Crippen LogP contribution in [0, 0.1) is 12.8 Å². The summed E-state index contributed by atoms with van der Waals surface area (Å²) in [7, 11) is 3.79. The molecule has 1 unspecified atom stereocenters. The summed E-state index contributed by atoms with van der Waals surface area (Å²) >= 11 is 0. The Balaban J connectivity index is 2.00. The molecule has 0 radical (unpaired) electrons. The molecule has 0 saturated heterocycles. The van der Waals surface area contributed by atoms with Gasteiger partial charge in [0, 0.05) is 18.2 Å². The molecule has 21 heavy (non-hydrogen) atoms. The summed E-state index contributed by atoms with van der Waals surface area (Å²) in [5.74, 6) is 1.63. The number of nitrogens with zero attached hydrogens (tertiary/aromatic N) is 1. The number of ether oxygens (including phenoxy) is 1. The van der Waals surface area contributed by atoms with Crippen molar-refractivity contribution in [3.8, 4) is 5.75 Å². The van der Waals surface area contributed by atoms with Crippen molar-refractivity contribution in [3.05, 3.63) is 29.3 Å². The second-order valence-electron chi connectivity index (χ2n) is 6.61. The van der Waals surface area contributed by atoms with Gasteiger partial charge in [-0.05, 0) is 57.7 Å². The summed E-state index contributed by atoms with van der Waals surface area (Å²) in [6.07, 6.45) is 4.60. The average Bonchev–Trinajstić information content (AvgIpc) is 2.47. The van der Waals surface area contributed by atoms with Crippen LogP contribution in [0.2, 0.25) is 0 Å². The number of methoxy groups -OCH3 is 1. The molecule has 3 nitrogen and oxygen atoms in total. The fraction of sp³-hybridized carbons (Fsp3) is 0.667. The highest BCUT2D eigenvalue weighted by Gasteiger charge is 2.24. The van der Waals surface area contributed by atoms with Crippen LogP contribution in [0.25, 0.3) is 0 Å². The first-order valence-corrected chi connectivity index (χ1v) is 8.04. The number of likely N-dealkylation sites (N-methyl/N-ethyl adjacent to an activating group) is 1. The number of rotatable bonds is 5. The van der Waals surface area contributed by atoms with Gasteiger partial charge in [0.1, 0.15) is 5.75 Å². The topological polar surface area (TPSA) is 32.7 Å². The van der Waals surface area contributed by atoms with E-state index in [0.717, 1.165) is 22.8 Å². The molecule has 118 valence electrons. The smallest absolute Gasteiger partial charge is 0.124 e. The fourth-order valence-corrected chi connectivity index (χ4v) is 3.32. The van der Waals surface area contributed by atoms with Gasteiger partial charge in [-0.3, -0.25) is 0 Å². The van der Waals surface area contributed by atoms with E-state index in [0.29, 0.717) is 12.6 Å². The molecule has 3 heteroatoms. The van der Waals surface area contributed by atoms with Gasteiger partial charge in [-0.2, -0.15) is 0 Å². The number of aliphatic hydroxyl groups is 1. The summed E-state index contributed by atoms with van der Waals surface area (Å²) in [4.78, 5) is 2.32. The van der Waals surface area contributed by atoms with Crippen molar-refractivity contribution in [3.63, 3.8) is 0 Å². The maximum Gasteiger partial charge on any atom is 0.124 e. The van der Waals surface area contributed by atoms with E-state index in [1.165, 1.54) is 25.7 Å². The SMILES string of the molecule is COc1ccc(C)cc1C(O)CN(C)C1CCC(C)CC1. The van der Waals surface area contributed by atoms with Gasteiger partial charge in [-0.25, -0.2) is 0 Å². The standard InChI is InChI=1S/C18H29NO2/c1-13-5-8-15(9-6-13)19(3)12-17(20)16-11-14(2)7-10-18(16)21-4/h7,10-11,13,15,17,20H,5-6,8-9,12H2,1-4H3. The Bertz CT molecular complexity index is 453. The van der Waals surface area contributed by atoms with E-state index >= 15 is 0 Å². The molecule has 0 bridgehead atoms. The molecular weight excluding hydrogens is 262 g/mol. The Hall–Kier alpha value is -1.06. The maximum atomic E-state index is 10.6. The van der Waals surface area contributed by atoms with E-state index in [1.807, 2.05) is 25.1 Å². The predicted molar refractivity (Wildman–Crippen MR) is 86.7 cm³/mol. The number of aliphatic hydroxyl groups excluding tert-OH is 1. The Morgan fingerprint density at radius 2 is 1.95 bits per heavy atom. The molecule has 1 aromatic carbocycles. The van der Waals surface area contributed by atoms with Crippen molar-refractivity contribution in [1.29, 1.82) is 0 Å². The lowest BCUT2D eigenvalue weighted by molar-refractivity contribution is 0.0841. The highest BCUT2D eigenvalue weighted by atomic mass is 16.5. The Morgan fingerprint density at radius 1 is 1.29 bits per heavy atom. The molecule has 0 heterocycles. The zero-order valence-corrected chi connectivity index (χ0v) is 13.8. The second-order valence-corrected chi connectivity index (χ2v) is 6.61. The van der Waals surface area contributed by atoms with Crippen molar-refractivity contribution in [2.45, 2.75) is 51.7 Å². The minimum atomic E-state index is -0.496. The zero-order chi connectivity index (χ0) is 15.4. The van der Waals surface area contributed by atoms with Gasteiger partial charge in [-0.15, -0.1) is 0 Å². The van der Waals surface area contributed by atoms with Crippen molar-refractivity contribution >= 4 is 0 Å². The van der Waals surface area contributed by atoms with Crippen LogP contribution in [0.15, 0.2) is 18.2 Å². The Labute approximate surface area is 128 Å². The fourth-order valence-electron chi connectivity index (χ4n) is 3.32. The largest absolute Gasteiger partial charge is 0.496 e. The van der Waals surface area contributed by atoms with E-state index < -0.39 is 6.10 Å². The normalized spacial score (nSPS) is 24.1. The Morgan fingerprint density at radius 3 is 2.57 bits per heavy atom. The van der Waals surface area contributed by atoms with Gasteiger partial charge in [-0.1, -0.05) is 18.6 Å². The molecule has 1 fully saturated rings. The molecule has 1 aliphatic carbocycles. The van der Waals surface area contributed by atoms with Crippen LogP contribution in [0.1, 0.15) is 49.8 Å². The van der Waals surface area contributed by atoms with Crippen LogP contribution < -0.4 is 4.74 Å². The summed E-state index contributed by atoms with van der Waals surface area (Å²) in [5.41, 5.74) is 2.05. The van der Waals surface area contributed by atoms with Gasteiger partial charge in [0.2, 0.25) is 0 Å². The minimum absolute atomic E-state index is 0.496. The summed E-state index contributed by atoms with van der Waals surface area (Å²) in [5, 5.41) is 10.6. The van der Waals surface area contributed by atoms with Gasteiger partial charge in [0.05, 0.1) is 13.2 Å². The highest BCUT2D eigenvalue weighted by Crippen LogP contribution is 2.30. The quantitative estimate of drug-likeness (QED) is 0.900. The number of aryl methyl sites for hydroxylation is 1. The summed E-state index contributed by atoms with van der Waals surface area (Å²) < 4.78 is 5.38. The van der Waals surface area contributed by atoms with Gasteiger partial charge in [0.15, 0.2) is 0 Å². The van der Waals surface area contributed by atoms with Gasteiger partial charge < -0.3 is 14.7 Å². The Kier molecular flexibility index (Phi) is 5.65. The van der Waals surface area contributed by atoms with Crippen molar-refractivity contribution < 1.29 is 9.84 Å². The van der Waals surface area contributed by atoms with Crippen LogP contribution in [0.5, 0.6) is 5.75 Å². The summed E-state index contributed by atoms with van der Waals surface area (Å²) in [6, 6.07) is 6.59. The van der Waals surface area contributed by atoms with Crippen molar-refractivity contribution in [2.24, 2.45) is 5.92 Å². The lowest BCUT2D eigenvalue weighted by atomic mass is 9.86. The van der Waals surface area contributed by atoms with Gasteiger partial charge in [0.25, 0.3) is 0 Å². The van der Waals surface area contributed by atoms with E-state index in [9.17, 15) is 5.11 Å². The van der Waals surface area contributed by atoms with Crippen LogP contribution in [0.3, 0.4) is 0 Å². The molecule has 2 rings (SSSR count). The van der Waals surface area contributed by atoms with Crippen LogP contribution in [-0.4, -0.2) is 36.8 Å². The van der Waals surface area contributed by atoms with E-state index in [4.69, 9.17) is 4.74 Å². The number of benzene rings is 1. The molecule has 1 saturated carbocycles. The molecule has 1 atom stereocenters.